The van der Waals surface area contributed by atoms with Crippen molar-refractivity contribution >= 4 is 27.6 Å². The van der Waals surface area contributed by atoms with Crippen molar-refractivity contribution in [3.63, 3.8) is 0 Å². The highest BCUT2D eigenvalue weighted by Crippen LogP contribution is 2.16. The number of rotatable bonds is 6. The fraction of sp³-hybridized carbons (Fsp3) is 0.316. The zero-order valence-corrected chi connectivity index (χ0v) is 16.8. The highest BCUT2D eigenvalue weighted by Gasteiger charge is 2.29. The lowest BCUT2D eigenvalue weighted by atomic mass is 10.2. The summed E-state index contributed by atoms with van der Waals surface area (Å²) in [6, 6.07) is 9.51. The van der Waals surface area contributed by atoms with Gasteiger partial charge in [0.05, 0.1) is 19.2 Å². The molecule has 154 valence electrons. The van der Waals surface area contributed by atoms with Crippen molar-refractivity contribution in [3.8, 4) is 0 Å². The van der Waals surface area contributed by atoms with Gasteiger partial charge in [0.15, 0.2) is 0 Å². The van der Waals surface area contributed by atoms with Crippen molar-refractivity contribution in [3.05, 3.63) is 54.4 Å². The number of methoxy groups -OCH3 is 1. The third kappa shape index (κ3) is 5.17. The molecule has 1 fully saturated rings. The first-order valence-electron chi connectivity index (χ1n) is 9.01. The Morgan fingerprint density at radius 1 is 1.10 bits per heavy atom. The number of nitrogens with one attached hydrogen (secondary N) is 1. The van der Waals surface area contributed by atoms with Gasteiger partial charge >= 0.3 is 5.97 Å². The molecule has 0 unspecified atom stereocenters. The molecule has 0 saturated carbocycles. The minimum absolute atomic E-state index is 0.152. The van der Waals surface area contributed by atoms with Crippen molar-refractivity contribution in [2.24, 2.45) is 0 Å². The van der Waals surface area contributed by atoms with E-state index in [4.69, 9.17) is 0 Å². The van der Waals surface area contributed by atoms with Crippen LogP contribution in [0.5, 0.6) is 0 Å². The van der Waals surface area contributed by atoms with Gasteiger partial charge in [-0.25, -0.2) is 13.2 Å². The zero-order chi connectivity index (χ0) is 20.9. The number of nitrogens with zero attached hydrogens (tertiary/aromatic N) is 3. The SMILES string of the molecule is COC(=O)c1ccc(NC(=O)CN2CCN(S(=O)(=O)c3cccnc3)CC2)cc1. The number of ether oxygens (including phenoxy) is 1. The van der Waals surface area contributed by atoms with E-state index in [-0.39, 0.29) is 17.3 Å². The summed E-state index contributed by atoms with van der Waals surface area (Å²) in [6.07, 6.45) is 2.86. The van der Waals surface area contributed by atoms with E-state index in [1.54, 1.807) is 30.3 Å². The fourth-order valence-electron chi connectivity index (χ4n) is 2.99. The second kappa shape index (κ2) is 9.12. The number of amides is 1. The van der Waals surface area contributed by atoms with Crippen LogP contribution >= 0.6 is 0 Å². The lowest BCUT2D eigenvalue weighted by molar-refractivity contribution is -0.117. The van der Waals surface area contributed by atoms with Crippen molar-refractivity contribution in [1.29, 1.82) is 0 Å². The fourth-order valence-corrected chi connectivity index (χ4v) is 4.37. The second-order valence-electron chi connectivity index (χ2n) is 6.49. The molecule has 0 spiro atoms. The standard InChI is InChI=1S/C19H22N4O5S/c1-28-19(25)15-4-6-16(7-5-15)21-18(24)14-22-9-11-23(12-10-22)29(26,27)17-3-2-8-20-13-17/h2-8,13H,9-12,14H2,1H3,(H,21,24). The van der Waals surface area contributed by atoms with Gasteiger partial charge in [-0.05, 0) is 36.4 Å². The Kier molecular flexibility index (Phi) is 6.57. The predicted molar refractivity (Wildman–Crippen MR) is 106 cm³/mol. The molecule has 10 heteroatoms. The molecule has 2 heterocycles. The molecule has 0 bridgehead atoms. The van der Waals surface area contributed by atoms with Gasteiger partial charge < -0.3 is 10.1 Å². The number of aromatic nitrogens is 1. The number of benzene rings is 1. The smallest absolute Gasteiger partial charge is 0.337 e. The Hall–Kier alpha value is -2.82. The molecule has 1 aromatic carbocycles. The molecule has 3 rings (SSSR count). The van der Waals surface area contributed by atoms with E-state index < -0.39 is 16.0 Å². The molecule has 1 aromatic heterocycles. The van der Waals surface area contributed by atoms with Crippen LogP contribution in [0.25, 0.3) is 0 Å². The average Bonchev–Trinajstić information content (AvgIpc) is 2.74. The molecular weight excluding hydrogens is 396 g/mol. The summed E-state index contributed by atoms with van der Waals surface area (Å²) in [5.41, 5.74) is 0.969. The van der Waals surface area contributed by atoms with Crippen LogP contribution in [-0.2, 0) is 19.6 Å². The molecule has 0 radical (unpaired) electrons. The van der Waals surface area contributed by atoms with Crippen LogP contribution < -0.4 is 5.32 Å². The predicted octanol–water partition coefficient (Wildman–Crippen LogP) is 0.813. The summed E-state index contributed by atoms with van der Waals surface area (Å²) in [4.78, 5) is 29.6. The van der Waals surface area contributed by atoms with E-state index in [1.165, 1.54) is 29.9 Å². The van der Waals surface area contributed by atoms with Crippen molar-refractivity contribution in [1.82, 2.24) is 14.2 Å². The first-order chi connectivity index (χ1) is 13.9. The molecule has 1 amide bonds. The van der Waals surface area contributed by atoms with Crippen LogP contribution in [-0.4, -0.2) is 74.3 Å². The first kappa shape index (κ1) is 20.9. The summed E-state index contributed by atoms with van der Waals surface area (Å²) in [6.45, 7) is 1.67. The van der Waals surface area contributed by atoms with Crippen LogP contribution in [0.15, 0.2) is 53.7 Å². The van der Waals surface area contributed by atoms with Crippen molar-refractivity contribution in [2.45, 2.75) is 4.90 Å². The van der Waals surface area contributed by atoms with Gasteiger partial charge in [-0.15, -0.1) is 0 Å². The van der Waals surface area contributed by atoms with Gasteiger partial charge in [0.1, 0.15) is 4.90 Å². The minimum atomic E-state index is -3.57. The summed E-state index contributed by atoms with van der Waals surface area (Å²) >= 11 is 0. The first-order valence-corrected chi connectivity index (χ1v) is 10.4. The minimum Gasteiger partial charge on any atom is -0.465 e. The molecule has 9 nitrogen and oxygen atoms in total. The number of carbonyl (C=O) groups is 2. The van der Waals surface area contributed by atoms with E-state index in [2.05, 4.69) is 15.0 Å². The molecule has 0 atom stereocenters. The van der Waals surface area contributed by atoms with Gasteiger partial charge in [-0.1, -0.05) is 0 Å². The van der Waals surface area contributed by atoms with Gasteiger partial charge in [0.2, 0.25) is 15.9 Å². The number of pyridine rings is 1. The Bertz CT molecular complexity index is 956. The maximum Gasteiger partial charge on any atom is 0.337 e. The molecule has 1 aliphatic rings. The van der Waals surface area contributed by atoms with Gasteiger partial charge in [0, 0.05) is 44.3 Å². The lowest BCUT2D eigenvalue weighted by Crippen LogP contribution is -2.50. The topological polar surface area (TPSA) is 109 Å². The molecule has 1 saturated heterocycles. The summed E-state index contributed by atoms with van der Waals surface area (Å²) < 4.78 is 31.3. The highest BCUT2D eigenvalue weighted by molar-refractivity contribution is 7.89. The summed E-state index contributed by atoms with van der Waals surface area (Å²) in [7, 11) is -2.26. The number of hydrogen-bond acceptors (Lipinski definition) is 7. The third-order valence-electron chi connectivity index (χ3n) is 4.56. The average molecular weight is 418 g/mol. The number of sulfonamides is 1. The molecule has 1 aliphatic heterocycles. The van der Waals surface area contributed by atoms with Crippen LogP contribution in [0.4, 0.5) is 5.69 Å². The number of anilines is 1. The van der Waals surface area contributed by atoms with Crippen LogP contribution in [0.1, 0.15) is 10.4 Å². The second-order valence-corrected chi connectivity index (χ2v) is 8.42. The Balaban J connectivity index is 1.50. The van der Waals surface area contributed by atoms with Gasteiger partial charge in [-0.3, -0.25) is 14.7 Å². The normalized spacial score (nSPS) is 15.6. The van der Waals surface area contributed by atoms with Crippen molar-refractivity contribution < 1.29 is 22.7 Å². The van der Waals surface area contributed by atoms with E-state index in [9.17, 15) is 18.0 Å². The summed E-state index contributed by atoms with van der Waals surface area (Å²) in [5.74, 6) is -0.652. The van der Waals surface area contributed by atoms with E-state index in [0.717, 1.165) is 0 Å². The Morgan fingerprint density at radius 3 is 2.38 bits per heavy atom. The van der Waals surface area contributed by atoms with Crippen LogP contribution in [0, 0.1) is 0 Å². The molecule has 29 heavy (non-hydrogen) atoms. The lowest BCUT2D eigenvalue weighted by Gasteiger charge is -2.33. The van der Waals surface area contributed by atoms with E-state index in [1.807, 2.05) is 4.90 Å². The zero-order valence-electron chi connectivity index (χ0n) is 15.9. The molecule has 1 N–H and O–H groups in total. The maximum absolute atomic E-state index is 12.6. The van der Waals surface area contributed by atoms with Gasteiger partial charge in [0.25, 0.3) is 0 Å². The third-order valence-corrected chi connectivity index (χ3v) is 6.44. The number of piperazine rings is 1. The van der Waals surface area contributed by atoms with Crippen LogP contribution in [0.2, 0.25) is 0 Å². The van der Waals surface area contributed by atoms with Crippen molar-refractivity contribution in [2.75, 3.05) is 45.2 Å². The Labute approximate surface area is 169 Å². The quantitative estimate of drug-likeness (QED) is 0.692. The number of esters is 1. The van der Waals surface area contributed by atoms with E-state index >= 15 is 0 Å². The molecule has 0 aliphatic carbocycles. The molecular formula is C19H22N4O5S. The largest absolute Gasteiger partial charge is 0.465 e. The number of carbonyl (C=O) groups excluding carboxylic acids is 2. The Morgan fingerprint density at radius 2 is 1.79 bits per heavy atom. The maximum atomic E-state index is 12.6. The number of hydrogen-bond donors (Lipinski definition) is 1. The van der Waals surface area contributed by atoms with Gasteiger partial charge in [-0.2, -0.15) is 4.31 Å². The van der Waals surface area contributed by atoms with Crippen LogP contribution in [0.3, 0.4) is 0 Å². The van der Waals surface area contributed by atoms with E-state index in [0.29, 0.717) is 37.4 Å². The summed E-state index contributed by atoms with van der Waals surface area (Å²) in [5, 5.41) is 2.77. The highest BCUT2D eigenvalue weighted by atomic mass is 32.2. The molecule has 2 aromatic rings. The monoisotopic (exact) mass is 418 g/mol.